The number of piperidine rings is 1. The second-order valence-electron chi connectivity index (χ2n) is 2.59. The van der Waals surface area contributed by atoms with Crippen molar-refractivity contribution in [1.82, 2.24) is 4.90 Å². The van der Waals surface area contributed by atoms with Crippen molar-refractivity contribution < 1.29 is 0 Å². The first-order valence-corrected chi connectivity index (χ1v) is 4.59. The van der Waals surface area contributed by atoms with Crippen molar-refractivity contribution in [3.8, 4) is 0 Å². The number of hydrogen-bond acceptors (Lipinski definition) is 1. The summed E-state index contributed by atoms with van der Waals surface area (Å²) in [6.07, 6.45) is 5.87. The van der Waals surface area contributed by atoms with E-state index >= 15 is 0 Å². The van der Waals surface area contributed by atoms with Gasteiger partial charge in [0.25, 0.3) is 0 Å². The minimum atomic E-state index is 1.00. The number of likely N-dealkylation sites (tertiary alicyclic amines) is 1. The molecule has 1 nitrogen and oxygen atoms in total. The second-order valence-corrected chi connectivity index (χ2v) is 3.57. The Kier molecular flexibility index (Phi) is 3.17. The van der Waals surface area contributed by atoms with Crippen LogP contribution in [0.25, 0.3) is 0 Å². The summed E-state index contributed by atoms with van der Waals surface area (Å²) in [5, 5.41) is 0. The Hall–Kier alpha value is -0.0705. The molecule has 1 rings (SSSR count). The van der Waals surface area contributed by atoms with E-state index in [9.17, 15) is 0 Å². The van der Waals surface area contributed by atoms with Crippen LogP contribution >= 0.6 is 0 Å². The van der Waals surface area contributed by atoms with E-state index < -0.39 is 0 Å². The first-order valence-electron chi connectivity index (χ1n) is 3.73. The Morgan fingerprint density at radius 3 is 3.00 bits per heavy atom. The summed E-state index contributed by atoms with van der Waals surface area (Å²) in [5.74, 6) is 0. The van der Waals surface area contributed by atoms with Crippen molar-refractivity contribution in [2.75, 3.05) is 13.1 Å². The van der Waals surface area contributed by atoms with Gasteiger partial charge < -0.3 is 0 Å². The molecular formula is C8H13NSe. The van der Waals surface area contributed by atoms with Crippen molar-refractivity contribution in [3.63, 3.8) is 0 Å². The zero-order valence-electron chi connectivity index (χ0n) is 6.18. The van der Waals surface area contributed by atoms with E-state index in [2.05, 4.69) is 27.1 Å². The van der Waals surface area contributed by atoms with E-state index in [0.717, 1.165) is 6.54 Å². The zero-order valence-corrected chi connectivity index (χ0v) is 7.89. The summed E-state index contributed by atoms with van der Waals surface area (Å²) in [7, 11) is 0. The van der Waals surface area contributed by atoms with Gasteiger partial charge in [-0.05, 0) is 0 Å². The molecule has 0 radical (unpaired) electrons. The first kappa shape index (κ1) is 8.03. The molecule has 1 aliphatic heterocycles. The van der Waals surface area contributed by atoms with Gasteiger partial charge in [-0.15, -0.1) is 0 Å². The van der Waals surface area contributed by atoms with Gasteiger partial charge in [0.05, 0.1) is 0 Å². The molecule has 1 aliphatic rings. The van der Waals surface area contributed by atoms with Crippen molar-refractivity contribution in [2.24, 2.45) is 0 Å². The SMILES string of the molecule is C=CCN1CCCCC1=[Se]. The van der Waals surface area contributed by atoms with E-state index in [-0.39, 0.29) is 0 Å². The van der Waals surface area contributed by atoms with Crippen molar-refractivity contribution in [1.29, 1.82) is 0 Å². The van der Waals surface area contributed by atoms with Crippen LogP contribution in [-0.2, 0) is 0 Å². The molecule has 0 aliphatic carbocycles. The van der Waals surface area contributed by atoms with E-state index in [1.54, 1.807) is 0 Å². The van der Waals surface area contributed by atoms with Crippen LogP contribution < -0.4 is 0 Å². The standard InChI is InChI=1S/C8H13NSe/c1-2-6-9-7-4-3-5-8(9)10/h2H,1,3-7H2. The normalized spacial score (nSPS) is 19.2. The molecule has 0 unspecified atom stereocenters. The van der Waals surface area contributed by atoms with Crippen molar-refractivity contribution in [3.05, 3.63) is 12.7 Å². The fourth-order valence-electron chi connectivity index (χ4n) is 1.21. The molecule has 56 valence electrons. The van der Waals surface area contributed by atoms with Crippen LogP contribution in [0, 0.1) is 0 Å². The molecule has 0 aromatic heterocycles. The van der Waals surface area contributed by atoms with E-state index in [0.29, 0.717) is 0 Å². The van der Waals surface area contributed by atoms with Crippen LogP contribution in [0.5, 0.6) is 0 Å². The third-order valence-corrected chi connectivity index (χ3v) is 2.74. The van der Waals surface area contributed by atoms with Gasteiger partial charge in [0.2, 0.25) is 0 Å². The molecule has 0 spiro atoms. The summed E-state index contributed by atoms with van der Waals surface area (Å²) < 4.78 is 1.41. The average molecular weight is 202 g/mol. The molecule has 1 saturated heterocycles. The summed E-state index contributed by atoms with van der Waals surface area (Å²) in [4.78, 5) is 2.36. The maximum atomic E-state index is 3.72. The van der Waals surface area contributed by atoms with Crippen molar-refractivity contribution in [2.45, 2.75) is 19.3 Å². The Labute approximate surface area is 70.5 Å². The Morgan fingerprint density at radius 2 is 2.40 bits per heavy atom. The fourth-order valence-corrected chi connectivity index (χ4v) is 1.86. The van der Waals surface area contributed by atoms with Gasteiger partial charge >= 0.3 is 70.0 Å². The Morgan fingerprint density at radius 1 is 1.60 bits per heavy atom. The van der Waals surface area contributed by atoms with Crippen LogP contribution in [0.15, 0.2) is 12.7 Å². The molecule has 2 heteroatoms. The molecule has 0 amide bonds. The van der Waals surface area contributed by atoms with E-state index in [4.69, 9.17) is 0 Å². The van der Waals surface area contributed by atoms with Gasteiger partial charge in [-0.25, -0.2) is 0 Å². The summed E-state index contributed by atoms with van der Waals surface area (Å²) in [6, 6.07) is 0. The van der Waals surface area contributed by atoms with Crippen LogP contribution in [0.1, 0.15) is 19.3 Å². The number of nitrogens with zero attached hydrogens (tertiary/aromatic N) is 1. The van der Waals surface area contributed by atoms with Crippen LogP contribution in [-0.4, -0.2) is 38.1 Å². The monoisotopic (exact) mass is 203 g/mol. The third kappa shape index (κ3) is 1.96. The van der Waals surface area contributed by atoms with Gasteiger partial charge in [0.1, 0.15) is 0 Å². The predicted molar refractivity (Wildman–Crippen MR) is 46.4 cm³/mol. The van der Waals surface area contributed by atoms with E-state index in [1.165, 1.54) is 30.3 Å². The molecule has 0 bridgehead atoms. The molecule has 0 N–H and O–H groups in total. The van der Waals surface area contributed by atoms with Gasteiger partial charge in [-0.3, -0.25) is 0 Å². The molecule has 0 saturated carbocycles. The molecule has 10 heavy (non-hydrogen) atoms. The molecule has 1 fully saturated rings. The van der Waals surface area contributed by atoms with E-state index in [1.807, 2.05) is 6.08 Å². The number of hydrogen-bond donors (Lipinski definition) is 0. The first-order chi connectivity index (χ1) is 4.84. The Balaban J connectivity index is 2.39. The van der Waals surface area contributed by atoms with Gasteiger partial charge in [0, 0.05) is 0 Å². The fraction of sp³-hybridized carbons (Fsp3) is 0.625. The minimum absolute atomic E-state index is 1.00. The molecular weight excluding hydrogens is 189 g/mol. The maximum absolute atomic E-state index is 3.72. The van der Waals surface area contributed by atoms with Crippen LogP contribution in [0.2, 0.25) is 0 Å². The summed E-state index contributed by atoms with van der Waals surface area (Å²) >= 11 is 3.11. The second kappa shape index (κ2) is 3.95. The Bertz CT molecular complexity index is 142. The molecule has 0 atom stereocenters. The summed E-state index contributed by atoms with van der Waals surface area (Å²) in [6.45, 7) is 5.93. The predicted octanol–water partition coefficient (Wildman–Crippen LogP) is 0.957. The average Bonchev–Trinajstić information content (AvgIpc) is 1.94. The molecule has 1 heterocycles. The molecule has 0 aromatic carbocycles. The number of rotatable bonds is 2. The third-order valence-electron chi connectivity index (χ3n) is 1.77. The van der Waals surface area contributed by atoms with Crippen LogP contribution in [0.4, 0.5) is 0 Å². The summed E-state index contributed by atoms with van der Waals surface area (Å²) in [5.41, 5.74) is 0. The quantitative estimate of drug-likeness (QED) is 0.476. The van der Waals surface area contributed by atoms with Crippen molar-refractivity contribution >= 4 is 20.1 Å². The van der Waals surface area contributed by atoms with Crippen LogP contribution in [0.3, 0.4) is 0 Å². The topological polar surface area (TPSA) is 3.24 Å². The molecule has 0 aromatic rings. The van der Waals surface area contributed by atoms with Gasteiger partial charge in [-0.2, -0.15) is 0 Å². The van der Waals surface area contributed by atoms with Gasteiger partial charge in [-0.1, -0.05) is 0 Å². The zero-order chi connectivity index (χ0) is 7.40. The van der Waals surface area contributed by atoms with Gasteiger partial charge in [0.15, 0.2) is 0 Å².